The highest BCUT2D eigenvalue weighted by Crippen LogP contribution is 2.04. The molecule has 1 aromatic carbocycles. The van der Waals surface area contributed by atoms with Gasteiger partial charge in [-0.05, 0) is 12.1 Å². The van der Waals surface area contributed by atoms with Crippen LogP contribution >= 0.6 is 0 Å². The molecule has 1 amide bonds. The number of carbonyl (C=O) groups excluding carboxylic acids is 1. The average Bonchev–Trinajstić information content (AvgIpc) is 2.30. The molecule has 0 aliphatic carbocycles. The molecule has 0 aromatic heterocycles. The Balaban J connectivity index is 2.24. The van der Waals surface area contributed by atoms with Crippen molar-refractivity contribution in [3.8, 4) is 0 Å². The van der Waals surface area contributed by atoms with E-state index in [1.807, 2.05) is 6.07 Å². The van der Waals surface area contributed by atoms with Crippen molar-refractivity contribution >= 4 is 11.8 Å². The lowest BCUT2D eigenvalue weighted by molar-refractivity contribution is 0.147. The summed E-state index contributed by atoms with van der Waals surface area (Å²) in [5.41, 5.74) is 0.661. The summed E-state index contributed by atoms with van der Waals surface area (Å²) in [5, 5.41) is 6.33. The highest BCUT2D eigenvalue weighted by molar-refractivity contribution is 5.84. The first-order valence-corrected chi connectivity index (χ1v) is 4.75. The van der Waals surface area contributed by atoms with Crippen LogP contribution in [-0.2, 0) is 4.74 Å². The van der Waals surface area contributed by atoms with Gasteiger partial charge in [0.15, 0.2) is 0 Å². The van der Waals surface area contributed by atoms with Crippen LogP contribution in [0, 0.1) is 4.91 Å². The summed E-state index contributed by atoms with van der Waals surface area (Å²) in [6, 6.07) is 8.96. The summed E-state index contributed by atoms with van der Waals surface area (Å²) >= 11 is 0. The summed E-state index contributed by atoms with van der Waals surface area (Å²) in [6.07, 6.45) is -0.550. The first-order valence-electron chi connectivity index (χ1n) is 4.75. The van der Waals surface area contributed by atoms with Gasteiger partial charge < -0.3 is 4.74 Å². The third-order valence-corrected chi connectivity index (χ3v) is 1.81. The van der Waals surface area contributed by atoms with Gasteiger partial charge in [-0.2, -0.15) is 0 Å². The Morgan fingerprint density at radius 2 is 2.12 bits per heavy atom. The molecule has 0 saturated heterocycles. The van der Waals surface area contributed by atoms with E-state index in [2.05, 4.69) is 10.6 Å². The first-order chi connectivity index (χ1) is 7.72. The molecular weight excluding hydrogens is 210 g/mol. The minimum absolute atomic E-state index is 0.112. The van der Waals surface area contributed by atoms with Gasteiger partial charge in [-0.1, -0.05) is 18.2 Å². The number of hydrogen-bond acceptors (Lipinski definition) is 4. The van der Waals surface area contributed by atoms with Gasteiger partial charge >= 0.3 is 6.09 Å². The van der Waals surface area contributed by atoms with Crippen molar-refractivity contribution < 1.29 is 9.53 Å². The van der Waals surface area contributed by atoms with Gasteiger partial charge in [0, 0.05) is 12.7 Å². The number of para-hydroxylation sites is 1. The van der Waals surface area contributed by atoms with Crippen LogP contribution in [0.25, 0.3) is 0 Å². The third-order valence-electron chi connectivity index (χ3n) is 1.81. The van der Waals surface area contributed by atoms with Crippen molar-refractivity contribution in [3.63, 3.8) is 0 Å². The SMILES string of the molecule is CN(CCOC(=O)Nc1ccccc1)N=O. The lowest BCUT2D eigenvalue weighted by Gasteiger charge is -2.09. The number of ether oxygens (including phenoxy) is 1. The van der Waals surface area contributed by atoms with Crippen molar-refractivity contribution in [3.05, 3.63) is 35.2 Å². The van der Waals surface area contributed by atoms with Crippen LogP contribution < -0.4 is 5.32 Å². The first kappa shape index (κ1) is 12.0. The Morgan fingerprint density at radius 1 is 1.44 bits per heavy atom. The second-order valence-electron chi connectivity index (χ2n) is 3.09. The molecule has 1 rings (SSSR count). The van der Waals surface area contributed by atoms with Crippen LogP contribution in [-0.4, -0.2) is 31.3 Å². The van der Waals surface area contributed by atoms with E-state index in [4.69, 9.17) is 4.74 Å². The van der Waals surface area contributed by atoms with Crippen LogP contribution in [0.15, 0.2) is 35.6 Å². The predicted octanol–water partition coefficient (Wildman–Crippen LogP) is 1.85. The van der Waals surface area contributed by atoms with Crippen molar-refractivity contribution in [2.24, 2.45) is 5.29 Å². The minimum Gasteiger partial charge on any atom is -0.447 e. The van der Waals surface area contributed by atoms with E-state index in [1.165, 1.54) is 7.05 Å². The van der Waals surface area contributed by atoms with Gasteiger partial charge in [0.05, 0.1) is 11.8 Å². The average molecular weight is 223 g/mol. The summed E-state index contributed by atoms with van der Waals surface area (Å²) in [7, 11) is 1.51. The zero-order chi connectivity index (χ0) is 11.8. The summed E-state index contributed by atoms with van der Waals surface area (Å²) in [5.74, 6) is 0. The number of rotatable bonds is 5. The smallest absolute Gasteiger partial charge is 0.411 e. The van der Waals surface area contributed by atoms with Gasteiger partial charge in [0.2, 0.25) is 0 Å². The molecule has 0 aliphatic heterocycles. The Labute approximate surface area is 93.1 Å². The highest BCUT2D eigenvalue weighted by atomic mass is 16.5. The Hall–Kier alpha value is -2.11. The molecular formula is C10H13N3O3. The summed E-state index contributed by atoms with van der Waals surface area (Å²) in [4.78, 5) is 21.2. The fourth-order valence-electron chi connectivity index (χ4n) is 0.987. The van der Waals surface area contributed by atoms with Crippen LogP contribution in [0.1, 0.15) is 0 Å². The molecule has 86 valence electrons. The molecule has 6 heteroatoms. The quantitative estimate of drug-likeness (QED) is 0.610. The molecule has 0 spiro atoms. The maximum atomic E-state index is 11.2. The van der Waals surface area contributed by atoms with E-state index in [0.717, 1.165) is 5.01 Å². The molecule has 16 heavy (non-hydrogen) atoms. The molecule has 0 radical (unpaired) electrons. The van der Waals surface area contributed by atoms with Gasteiger partial charge in [-0.15, -0.1) is 4.91 Å². The van der Waals surface area contributed by atoms with Gasteiger partial charge in [-0.3, -0.25) is 10.3 Å². The Kier molecular flexibility index (Phi) is 4.78. The number of amides is 1. The summed E-state index contributed by atoms with van der Waals surface area (Å²) < 4.78 is 4.83. The normalized spacial score (nSPS) is 9.31. The number of nitrogens with zero attached hydrogens (tertiary/aromatic N) is 2. The minimum atomic E-state index is -0.550. The van der Waals surface area contributed by atoms with E-state index in [0.29, 0.717) is 5.69 Å². The fourth-order valence-corrected chi connectivity index (χ4v) is 0.987. The van der Waals surface area contributed by atoms with E-state index in [9.17, 15) is 9.70 Å². The summed E-state index contributed by atoms with van der Waals surface area (Å²) in [6.45, 7) is 0.382. The zero-order valence-corrected chi connectivity index (χ0v) is 8.92. The molecule has 0 fully saturated rings. The number of nitroso groups, excluding NO2 is 1. The number of hydrogen-bond donors (Lipinski definition) is 1. The predicted molar refractivity (Wildman–Crippen MR) is 59.8 cm³/mol. The lowest BCUT2D eigenvalue weighted by atomic mass is 10.3. The molecule has 0 saturated carbocycles. The van der Waals surface area contributed by atoms with Crippen LogP contribution in [0.4, 0.5) is 10.5 Å². The maximum absolute atomic E-state index is 11.2. The van der Waals surface area contributed by atoms with Crippen LogP contribution in [0.2, 0.25) is 0 Å². The number of carbonyl (C=O) groups is 1. The van der Waals surface area contributed by atoms with E-state index < -0.39 is 6.09 Å². The van der Waals surface area contributed by atoms with Crippen molar-refractivity contribution in [1.82, 2.24) is 5.01 Å². The highest BCUT2D eigenvalue weighted by Gasteiger charge is 2.03. The molecule has 0 aliphatic rings. The van der Waals surface area contributed by atoms with Crippen molar-refractivity contribution in [2.75, 3.05) is 25.5 Å². The standard InChI is InChI=1S/C10H13N3O3/c1-13(12-15)7-8-16-10(14)11-9-5-3-2-4-6-9/h2-6H,7-8H2,1H3,(H,11,14). The monoisotopic (exact) mass is 223 g/mol. The molecule has 0 bridgehead atoms. The van der Waals surface area contributed by atoms with Gasteiger partial charge in [0.25, 0.3) is 0 Å². The Bertz CT molecular complexity index is 342. The largest absolute Gasteiger partial charge is 0.447 e. The fraction of sp³-hybridized carbons (Fsp3) is 0.300. The van der Waals surface area contributed by atoms with E-state index >= 15 is 0 Å². The molecule has 0 unspecified atom stereocenters. The molecule has 0 atom stereocenters. The lowest BCUT2D eigenvalue weighted by Crippen LogP contribution is -2.21. The topological polar surface area (TPSA) is 71.0 Å². The molecule has 6 nitrogen and oxygen atoms in total. The number of anilines is 1. The zero-order valence-electron chi connectivity index (χ0n) is 8.92. The van der Waals surface area contributed by atoms with Crippen molar-refractivity contribution in [1.29, 1.82) is 0 Å². The molecule has 0 heterocycles. The molecule has 1 aromatic rings. The van der Waals surface area contributed by atoms with E-state index in [-0.39, 0.29) is 13.2 Å². The second kappa shape index (κ2) is 6.39. The van der Waals surface area contributed by atoms with Crippen molar-refractivity contribution in [2.45, 2.75) is 0 Å². The maximum Gasteiger partial charge on any atom is 0.411 e. The van der Waals surface area contributed by atoms with Crippen LogP contribution in [0.3, 0.4) is 0 Å². The third kappa shape index (κ3) is 4.41. The van der Waals surface area contributed by atoms with Crippen LogP contribution in [0.5, 0.6) is 0 Å². The Morgan fingerprint density at radius 3 is 2.75 bits per heavy atom. The number of benzene rings is 1. The second-order valence-corrected chi connectivity index (χ2v) is 3.09. The van der Waals surface area contributed by atoms with Gasteiger partial charge in [-0.25, -0.2) is 4.79 Å². The van der Waals surface area contributed by atoms with E-state index in [1.54, 1.807) is 24.3 Å². The van der Waals surface area contributed by atoms with Gasteiger partial charge in [0.1, 0.15) is 6.61 Å². The molecule has 1 N–H and O–H groups in total. The number of likely N-dealkylation sites (N-methyl/N-ethyl adjacent to an activating group) is 1. The number of nitrogens with one attached hydrogen (secondary N) is 1.